The molecule has 0 aromatic carbocycles. The molecule has 3 rings (SSSR count). The van der Waals surface area contributed by atoms with Gasteiger partial charge in [-0.15, -0.1) is 0 Å². The summed E-state index contributed by atoms with van der Waals surface area (Å²) in [5.41, 5.74) is 0. The van der Waals surface area contributed by atoms with Gasteiger partial charge in [-0.2, -0.15) is 4.98 Å². The third-order valence-electron chi connectivity index (χ3n) is 5.39. The van der Waals surface area contributed by atoms with Gasteiger partial charge in [0.2, 0.25) is 11.8 Å². The van der Waals surface area contributed by atoms with Crippen molar-refractivity contribution in [2.45, 2.75) is 70.8 Å². The summed E-state index contributed by atoms with van der Waals surface area (Å²) in [6, 6.07) is 0.508. The maximum Gasteiger partial charge on any atom is 0.229 e. The van der Waals surface area contributed by atoms with Gasteiger partial charge in [-0.1, -0.05) is 18.0 Å². The first-order valence-electron chi connectivity index (χ1n) is 9.47. The molecule has 6 nitrogen and oxygen atoms in total. The molecule has 0 unspecified atom stereocenters. The molecule has 1 saturated carbocycles. The minimum Gasteiger partial charge on any atom is -0.355 e. The van der Waals surface area contributed by atoms with Gasteiger partial charge >= 0.3 is 0 Å². The fourth-order valence-electron chi connectivity index (χ4n) is 3.84. The van der Waals surface area contributed by atoms with Crippen LogP contribution in [0.3, 0.4) is 0 Å². The molecule has 0 spiro atoms. The lowest BCUT2D eigenvalue weighted by Gasteiger charge is -2.34. The van der Waals surface area contributed by atoms with Gasteiger partial charge in [0.15, 0.2) is 5.82 Å². The number of carbonyl (C=O) groups is 1. The highest BCUT2D eigenvalue weighted by molar-refractivity contribution is 5.78. The zero-order valence-electron chi connectivity index (χ0n) is 15.0. The first kappa shape index (κ1) is 17.4. The molecule has 1 aliphatic heterocycles. The molecule has 1 aliphatic carbocycles. The van der Waals surface area contributed by atoms with Gasteiger partial charge in [0, 0.05) is 31.5 Å². The Kier molecular flexibility index (Phi) is 5.87. The highest BCUT2D eigenvalue weighted by Gasteiger charge is 2.27. The van der Waals surface area contributed by atoms with Crippen molar-refractivity contribution in [2.24, 2.45) is 5.92 Å². The Balaban J connectivity index is 1.42. The molecule has 1 aromatic rings. The maximum atomic E-state index is 12.4. The van der Waals surface area contributed by atoms with Gasteiger partial charge in [0.1, 0.15) is 0 Å². The molecule has 6 heteroatoms. The summed E-state index contributed by atoms with van der Waals surface area (Å²) in [7, 11) is 0. The Labute approximate surface area is 144 Å². The van der Waals surface area contributed by atoms with Crippen molar-refractivity contribution in [3.63, 3.8) is 0 Å². The topological polar surface area (TPSA) is 71.3 Å². The number of hydrogen-bond donors (Lipinski definition) is 1. The highest BCUT2D eigenvalue weighted by atomic mass is 16.5. The SMILES string of the molecule is CC(C)N1CCC[C@H](C(=O)NCCc2noc(C3CCCC3)n2)C1. The number of hydrogen-bond acceptors (Lipinski definition) is 5. The second kappa shape index (κ2) is 8.10. The molecule has 24 heavy (non-hydrogen) atoms. The van der Waals surface area contributed by atoms with Crippen molar-refractivity contribution >= 4 is 5.91 Å². The lowest BCUT2D eigenvalue weighted by molar-refractivity contribution is -0.126. The molecular formula is C18H30N4O2. The van der Waals surface area contributed by atoms with Crippen LogP contribution in [-0.2, 0) is 11.2 Å². The van der Waals surface area contributed by atoms with E-state index >= 15 is 0 Å². The van der Waals surface area contributed by atoms with Crippen molar-refractivity contribution in [2.75, 3.05) is 19.6 Å². The van der Waals surface area contributed by atoms with E-state index in [1.165, 1.54) is 12.8 Å². The minimum atomic E-state index is 0.112. The van der Waals surface area contributed by atoms with Gasteiger partial charge in [0.25, 0.3) is 0 Å². The van der Waals surface area contributed by atoms with Crippen LogP contribution in [0.5, 0.6) is 0 Å². The van der Waals surface area contributed by atoms with Crippen molar-refractivity contribution in [3.8, 4) is 0 Å². The Bertz CT molecular complexity index is 537. The third kappa shape index (κ3) is 4.35. The van der Waals surface area contributed by atoms with Gasteiger partial charge in [0.05, 0.1) is 5.92 Å². The van der Waals surface area contributed by atoms with Crippen molar-refractivity contribution in [3.05, 3.63) is 11.7 Å². The summed E-state index contributed by atoms with van der Waals surface area (Å²) in [4.78, 5) is 19.3. The smallest absolute Gasteiger partial charge is 0.229 e. The molecule has 1 amide bonds. The summed E-state index contributed by atoms with van der Waals surface area (Å²) in [6.45, 7) is 6.95. The van der Waals surface area contributed by atoms with E-state index in [4.69, 9.17) is 4.52 Å². The summed E-state index contributed by atoms with van der Waals surface area (Å²) in [5, 5.41) is 7.11. The molecule has 2 fully saturated rings. The fraction of sp³-hybridized carbons (Fsp3) is 0.833. The molecule has 134 valence electrons. The quantitative estimate of drug-likeness (QED) is 0.865. The van der Waals surface area contributed by atoms with Gasteiger partial charge in [-0.25, -0.2) is 0 Å². The summed E-state index contributed by atoms with van der Waals surface area (Å²) in [6.07, 6.45) is 7.57. The normalized spacial score (nSPS) is 23.0. The molecule has 1 aromatic heterocycles. The number of piperidine rings is 1. The van der Waals surface area contributed by atoms with E-state index in [0.29, 0.717) is 30.7 Å². The predicted octanol–water partition coefficient (Wildman–Crippen LogP) is 2.51. The van der Waals surface area contributed by atoms with Crippen LogP contribution in [0.2, 0.25) is 0 Å². The van der Waals surface area contributed by atoms with E-state index < -0.39 is 0 Å². The largest absolute Gasteiger partial charge is 0.355 e. The maximum absolute atomic E-state index is 12.4. The van der Waals surface area contributed by atoms with Crippen LogP contribution in [0.1, 0.15) is 70.0 Å². The standard InChI is InChI=1S/C18H30N4O2/c1-13(2)22-11-5-8-15(12-22)17(23)19-10-9-16-20-18(24-21-16)14-6-3-4-7-14/h13-15H,3-12H2,1-2H3,(H,19,23)/t15-/m0/s1. The molecule has 1 N–H and O–H groups in total. The number of carbonyl (C=O) groups excluding carboxylic acids is 1. The van der Waals surface area contributed by atoms with Crippen LogP contribution < -0.4 is 5.32 Å². The number of rotatable bonds is 6. The zero-order valence-corrected chi connectivity index (χ0v) is 15.0. The van der Waals surface area contributed by atoms with Crippen LogP contribution in [0.25, 0.3) is 0 Å². The molecule has 2 heterocycles. The van der Waals surface area contributed by atoms with E-state index in [0.717, 1.165) is 44.7 Å². The highest BCUT2D eigenvalue weighted by Crippen LogP contribution is 2.32. The Morgan fingerprint density at radius 3 is 2.83 bits per heavy atom. The number of likely N-dealkylation sites (tertiary alicyclic amines) is 1. The first-order chi connectivity index (χ1) is 11.6. The lowest BCUT2D eigenvalue weighted by atomic mass is 9.96. The monoisotopic (exact) mass is 334 g/mol. The van der Waals surface area contributed by atoms with Crippen LogP contribution in [0, 0.1) is 5.92 Å². The van der Waals surface area contributed by atoms with Crippen LogP contribution >= 0.6 is 0 Å². The summed E-state index contributed by atoms with van der Waals surface area (Å²) in [5.74, 6) is 2.23. The number of nitrogens with one attached hydrogen (secondary N) is 1. The first-order valence-corrected chi connectivity index (χ1v) is 9.47. The van der Waals surface area contributed by atoms with E-state index in [9.17, 15) is 4.79 Å². The third-order valence-corrected chi connectivity index (χ3v) is 5.39. The molecule has 1 atom stereocenters. The fourth-order valence-corrected chi connectivity index (χ4v) is 3.84. The summed E-state index contributed by atoms with van der Waals surface area (Å²) < 4.78 is 5.38. The zero-order chi connectivity index (χ0) is 16.9. The molecule has 0 radical (unpaired) electrons. The van der Waals surface area contributed by atoms with E-state index in [-0.39, 0.29) is 11.8 Å². The average Bonchev–Trinajstić information content (AvgIpc) is 3.26. The van der Waals surface area contributed by atoms with Crippen LogP contribution in [-0.4, -0.2) is 46.6 Å². The van der Waals surface area contributed by atoms with Crippen molar-refractivity contribution in [1.82, 2.24) is 20.4 Å². The predicted molar refractivity (Wildman–Crippen MR) is 91.7 cm³/mol. The average molecular weight is 334 g/mol. The second-order valence-electron chi connectivity index (χ2n) is 7.50. The lowest BCUT2D eigenvalue weighted by Crippen LogP contribution is -2.45. The van der Waals surface area contributed by atoms with Gasteiger partial charge in [-0.05, 0) is 46.1 Å². The van der Waals surface area contributed by atoms with Gasteiger partial charge < -0.3 is 14.7 Å². The van der Waals surface area contributed by atoms with E-state index in [1.807, 2.05) is 0 Å². The molecule has 2 aliphatic rings. The molecule has 1 saturated heterocycles. The van der Waals surface area contributed by atoms with Gasteiger partial charge in [-0.3, -0.25) is 4.79 Å². The molecule has 0 bridgehead atoms. The minimum absolute atomic E-state index is 0.112. The Hall–Kier alpha value is -1.43. The second-order valence-corrected chi connectivity index (χ2v) is 7.50. The van der Waals surface area contributed by atoms with E-state index in [1.54, 1.807) is 0 Å². The molecular weight excluding hydrogens is 304 g/mol. The number of aromatic nitrogens is 2. The number of nitrogens with zero attached hydrogens (tertiary/aromatic N) is 3. The van der Waals surface area contributed by atoms with Crippen LogP contribution in [0.4, 0.5) is 0 Å². The van der Waals surface area contributed by atoms with E-state index in [2.05, 4.69) is 34.2 Å². The Morgan fingerprint density at radius 2 is 2.08 bits per heavy atom. The van der Waals surface area contributed by atoms with Crippen LogP contribution in [0.15, 0.2) is 4.52 Å². The van der Waals surface area contributed by atoms with Crippen molar-refractivity contribution < 1.29 is 9.32 Å². The number of amides is 1. The van der Waals surface area contributed by atoms with Crippen molar-refractivity contribution in [1.29, 1.82) is 0 Å². The summed E-state index contributed by atoms with van der Waals surface area (Å²) >= 11 is 0. The Morgan fingerprint density at radius 1 is 1.29 bits per heavy atom.